The molecule has 4 aromatic rings. The van der Waals surface area contributed by atoms with Crippen molar-refractivity contribution < 1.29 is 0 Å². The first kappa shape index (κ1) is 28.9. The van der Waals surface area contributed by atoms with Gasteiger partial charge in [0.25, 0.3) is 0 Å². The van der Waals surface area contributed by atoms with Crippen molar-refractivity contribution >= 4 is 34.1 Å². The molecule has 0 atom stereocenters. The highest BCUT2D eigenvalue weighted by molar-refractivity contribution is 5.88. The summed E-state index contributed by atoms with van der Waals surface area (Å²) in [5.41, 5.74) is 14.3. The van der Waals surface area contributed by atoms with Gasteiger partial charge in [0, 0.05) is 35.1 Å². The first-order valence-corrected chi connectivity index (χ1v) is 15.5. The molecule has 0 saturated carbocycles. The molecule has 4 heteroatoms. The Labute approximate surface area is 258 Å². The molecule has 2 aliphatic heterocycles. The quantitative estimate of drug-likeness (QED) is 0.242. The summed E-state index contributed by atoms with van der Waals surface area (Å²) in [4.78, 5) is 9.58. The van der Waals surface area contributed by atoms with Crippen LogP contribution in [0.4, 0.5) is 34.1 Å². The van der Waals surface area contributed by atoms with Gasteiger partial charge in [0.1, 0.15) is 6.67 Å². The lowest BCUT2D eigenvalue weighted by Gasteiger charge is -2.26. The first-order chi connectivity index (χ1) is 20.3. The van der Waals surface area contributed by atoms with Gasteiger partial charge in [0.05, 0.1) is 18.0 Å². The smallest absolute Gasteiger partial charge is 0.100 e. The lowest BCUT2D eigenvalue weighted by molar-refractivity contribution is 0.590. The van der Waals surface area contributed by atoms with E-state index in [2.05, 4.69) is 173 Å². The van der Waals surface area contributed by atoms with E-state index in [1.54, 1.807) is 0 Å². The molecule has 0 N–H and O–H groups in total. The maximum absolute atomic E-state index is 2.47. The van der Waals surface area contributed by atoms with Crippen molar-refractivity contribution in [1.29, 1.82) is 0 Å². The first-order valence-electron chi connectivity index (χ1n) is 15.5. The van der Waals surface area contributed by atoms with Gasteiger partial charge in [-0.3, -0.25) is 0 Å². The van der Waals surface area contributed by atoms with Gasteiger partial charge in [-0.25, -0.2) is 0 Å². The van der Waals surface area contributed by atoms with Crippen LogP contribution in [0.2, 0.25) is 0 Å². The Balaban J connectivity index is 1.29. The molecule has 0 radical (unpaired) electrons. The van der Waals surface area contributed by atoms with Crippen molar-refractivity contribution in [1.82, 2.24) is 0 Å². The minimum atomic E-state index is 0.134. The summed E-state index contributed by atoms with van der Waals surface area (Å²) in [6, 6.07) is 29.8. The summed E-state index contributed by atoms with van der Waals surface area (Å²) >= 11 is 0. The number of anilines is 6. The fraction of sp³-hybridized carbons (Fsp3) is 0.333. The van der Waals surface area contributed by atoms with Gasteiger partial charge in [-0.1, -0.05) is 65.8 Å². The molecule has 0 spiro atoms. The number of benzene rings is 4. The number of rotatable bonds is 4. The van der Waals surface area contributed by atoms with Crippen LogP contribution in [0.1, 0.15) is 69.4 Å². The molecule has 2 aliphatic rings. The monoisotopic (exact) mass is 570 g/mol. The van der Waals surface area contributed by atoms with Crippen LogP contribution in [0.15, 0.2) is 91.3 Å². The van der Waals surface area contributed by atoms with E-state index in [1.807, 2.05) is 0 Å². The Hall–Kier alpha value is -4.18. The van der Waals surface area contributed by atoms with Crippen LogP contribution in [0.5, 0.6) is 0 Å². The topological polar surface area (TPSA) is 13.0 Å². The molecule has 0 amide bonds. The summed E-state index contributed by atoms with van der Waals surface area (Å²) in [7, 11) is 0. The van der Waals surface area contributed by atoms with Crippen LogP contribution < -0.4 is 19.6 Å². The molecule has 0 unspecified atom stereocenters. The highest BCUT2D eigenvalue weighted by atomic mass is 15.4. The Kier molecular flexibility index (Phi) is 7.07. The Bertz CT molecular complexity index is 1670. The number of hydrogen-bond donors (Lipinski definition) is 0. The molecule has 0 saturated heterocycles. The van der Waals surface area contributed by atoms with Gasteiger partial charge in [0.2, 0.25) is 0 Å². The Morgan fingerprint density at radius 2 is 0.907 bits per heavy atom. The molecular formula is C39H46N4. The summed E-state index contributed by atoms with van der Waals surface area (Å²) in [5.74, 6) is 0. The van der Waals surface area contributed by atoms with E-state index in [0.29, 0.717) is 0 Å². The van der Waals surface area contributed by atoms with Gasteiger partial charge in [0.15, 0.2) is 0 Å². The molecule has 4 aromatic carbocycles. The third kappa shape index (κ3) is 5.63. The van der Waals surface area contributed by atoms with E-state index >= 15 is 0 Å². The minimum Gasteiger partial charge on any atom is -0.328 e. The van der Waals surface area contributed by atoms with E-state index < -0.39 is 0 Å². The van der Waals surface area contributed by atoms with Crippen molar-refractivity contribution in [2.75, 3.05) is 32.9 Å². The third-order valence-corrected chi connectivity index (χ3v) is 8.99. The Morgan fingerprint density at radius 3 is 1.42 bits per heavy atom. The number of nitrogens with zero attached hydrogens (tertiary/aromatic N) is 4. The van der Waals surface area contributed by atoms with Gasteiger partial charge < -0.3 is 19.6 Å². The highest BCUT2D eigenvalue weighted by Crippen LogP contribution is 2.46. The second-order valence-electron chi connectivity index (χ2n) is 14.4. The average Bonchev–Trinajstić information content (AvgIpc) is 3.58. The van der Waals surface area contributed by atoms with Crippen molar-refractivity contribution in [2.24, 2.45) is 0 Å². The summed E-state index contributed by atoms with van der Waals surface area (Å²) in [5, 5.41) is 0. The van der Waals surface area contributed by atoms with Crippen LogP contribution >= 0.6 is 0 Å². The van der Waals surface area contributed by atoms with Crippen molar-refractivity contribution in [3.63, 3.8) is 0 Å². The average molecular weight is 571 g/mol. The molecule has 0 aromatic heterocycles. The largest absolute Gasteiger partial charge is 0.328 e. The second-order valence-corrected chi connectivity index (χ2v) is 14.4. The predicted octanol–water partition coefficient (Wildman–Crippen LogP) is 10.2. The van der Waals surface area contributed by atoms with Crippen LogP contribution in [-0.2, 0) is 10.8 Å². The number of fused-ring (bicyclic) bond motifs is 1. The molecule has 0 bridgehead atoms. The predicted molar refractivity (Wildman–Crippen MR) is 185 cm³/mol. The molecule has 43 heavy (non-hydrogen) atoms. The summed E-state index contributed by atoms with van der Waals surface area (Å²) in [6.45, 7) is 21.8. The van der Waals surface area contributed by atoms with Crippen LogP contribution in [0.3, 0.4) is 0 Å². The van der Waals surface area contributed by atoms with Crippen LogP contribution in [0.25, 0.3) is 0 Å². The number of aryl methyl sites for hydroxylation is 3. The molecule has 0 fully saturated rings. The maximum atomic E-state index is 2.47. The summed E-state index contributed by atoms with van der Waals surface area (Å²) in [6.07, 6.45) is 4.39. The van der Waals surface area contributed by atoms with Gasteiger partial charge >= 0.3 is 0 Å². The van der Waals surface area contributed by atoms with E-state index in [0.717, 1.165) is 13.3 Å². The fourth-order valence-electron chi connectivity index (χ4n) is 6.07. The van der Waals surface area contributed by atoms with E-state index in [1.165, 1.54) is 61.9 Å². The third-order valence-electron chi connectivity index (χ3n) is 8.99. The summed E-state index contributed by atoms with van der Waals surface area (Å²) < 4.78 is 0. The standard InChI is InChI=1S/C39H46N4/c1-27-20-34(41-19-18-40(25-41)32-14-10-30(11-15-32)38(4,5)6)24-35(21-27)43-26-42(36-22-28(2)29(3)23-37(36)43)33-16-12-31(13-17-33)39(7,8)9/h10-24H,25-26H2,1-9H3. The zero-order chi connectivity index (χ0) is 30.7. The molecule has 0 aliphatic carbocycles. The molecule has 4 nitrogen and oxygen atoms in total. The maximum Gasteiger partial charge on any atom is 0.100 e. The SMILES string of the molecule is Cc1cc(N2C=CN(c3ccc(C(C)(C)C)cc3)C2)cc(N2CN(c3ccc(C(C)(C)C)cc3)c3cc(C)c(C)cc32)c1. The fourth-order valence-corrected chi connectivity index (χ4v) is 6.07. The lowest BCUT2D eigenvalue weighted by Crippen LogP contribution is -2.26. The lowest BCUT2D eigenvalue weighted by atomic mass is 9.87. The number of hydrogen-bond acceptors (Lipinski definition) is 4. The zero-order valence-corrected chi connectivity index (χ0v) is 27.4. The molecular weight excluding hydrogens is 524 g/mol. The van der Waals surface area contributed by atoms with Crippen molar-refractivity contribution in [3.8, 4) is 0 Å². The van der Waals surface area contributed by atoms with Crippen LogP contribution in [0, 0.1) is 20.8 Å². The van der Waals surface area contributed by atoms with E-state index in [4.69, 9.17) is 0 Å². The second kappa shape index (κ2) is 10.5. The highest BCUT2D eigenvalue weighted by Gasteiger charge is 2.30. The Morgan fingerprint density at radius 1 is 0.465 bits per heavy atom. The van der Waals surface area contributed by atoms with Crippen molar-refractivity contribution in [3.05, 3.63) is 119 Å². The van der Waals surface area contributed by atoms with Gasteiger partial charge in [-0.15, -0.1) is 0 Å². The van der Waals surface area contributed by atoms with Crippen LogP contribution in [-0.4, -0.2) is 13.3 Å². The molecule has 6 rings (SSSR count). The normalized spacial score (nSPS) is 15.1. The van der Waals surface area contributed by atoms with Gasteiger partial charge in [-0.2, -0.15) is 0 Å². The van der Waals surface area contributed by atoms with E-state index in [9.17, 15) is 0 Å². The molecule has 2 heterocycles. The van der Waals surface area contributed by atoms with Gasteiger partial charge in [-0.05, 0) is 114 Å². The van der Waals surface area contributed by atoms with Crippen molar-refractivity contribution in [2.45, 2.75) is 73.1 Å². The van der Waals surface area contributed by atoms with E-state index in [-0.39, 0.29) is 10.8 Å². The molecule has 222 valence electrons. The minimum absolute atomic E-state index is 0.134. The zero-order valence-electron chi connectivity index (χ0n) is 27.4.